The molecular formula is C19H24O7. The van der Waals surface area contributed by atoms with Crippen molar-refractivity contribution in [1.82, 2.24) is 0 Å². The van der Waals surface area contributed by atoms with Crippen molar-refractivity contribution in [3.8, 4) is 23.0 Å². The van der Waals surface area contributed by atoms with E-state index in [2.05, 4.69) is 0 Å². The second kappa shape index (κ2) is 9.28. The van der Waals surface area contributed by atoms with Crippen LogP contribution in [0.2, 0.25) is 0 Å². The van der Waals surface area contributed by atoms with Crippen LogP contribution in [0, 0.1) is 0 Å². The van der Waals surface area contributed by atoms with Gasteiger partial charge in [-0.1, -0.05) is 12.1 Å². The maximum absolute atomic E-state index is 10.4. The van der Waals surface area contributed by atoms with Crippen LogP contribution in [0.5, 0.6) is 23.0 Å². The summed E-state index contributed by atoms with van der Waals surface area (Å²) in [5.74, 6) is 1.57. The zero-order valence-electron chi connectivity index (χ0n) is 15.0. The minimum Gasteiger partial charge on any atom is -0.493 e. The molecule has 2 atom stereocenters. The van der Waals surface area contributed by atoms with Gasteiger partial charge in [-0.3, -0.25) is 0 Å². The van der Waals surface area contributed by atoms with Gasteiger partial charge in [-0.05, 0) is 42.3 Å². The highest BCUT2D eigenvalue weighted by Gasteiger charge is 2.23. The number of hydrogen-bond acceptors (Lipinski definition) is 7. The minimum atomic E-state index is -1.54. The van der Waals surface area contributed by atoms with Crippen LogP contribution in [-0.2, 0) is 6.61 Å². The number of aliphatic hydroxyl groups is 3. The maximum Gasteiger partial charge on any atom is 0.228 e. The molecule has 2 rings (SSSR count). The van der Waals surface area contributed by atoms with E-state index in [1.807, 2.05) is 6.92 Å². The summed E-state index contributed by atoms with van der Waals surface area (Å²) in [5.41, 5.74) is 1.05. The van der Waals surface area contributed by atoms with Crippen LogP contribution < -0.4 is 18.9 Å². The predicted octanol–water partition coefficient (Wildman–Crippen LogP) is 2.03. The Morgan fingerprint density at radius 2 is 1.54 bits per heavy atom. The molecule has 26 heavy (non-hydrogen) atoms. The number of methoxy groups -OCH3 is 2. The van der Waals surface area contributed by atoms with Crippen LogP contribution in [-0.4, -0.2) is 42.4 Å². The third kappa shape index (κ3) is 4.57. The average Bonchev–Trinajstić information content (AvgIpc) is 2.68. The summed E-state index contributed by atoms with van der Waals surface area (Å²) in [7, 11) is 2.94. The summed E-state index contributed by atoms with van der Waals surface area (Å²) in [6, 6.07) is 9.64. The van der Waals surface area contributed by atoms with Crippen molar-refractivity contribution < 1.29 is 34.3 Å². The molecule has 7 nitrogen and oxygen atoms in total. The van der Waals surface area contributed by atoms with E-state index in [9.17, 15) is 10.2 Å². The van der Waals surface area contributed by atoms with Gasteiger partial charge in [-0.15, -0.1) is 0 Å². The highest BCUT2D eigenvalue weighted by atomic mass is 16.6. The van der Waals surface area contributed by atoms with E-state index in [-0.39, 0.29) is 12.4 Å². The van der Waals surface area contributed by atoms with E-state index in [1.165, 1.54) is 14.2 Å². The normalized spacial score (nSPS) is 13.0. The van der Waals surface area contributed by atoms with Crippen LogP contribution in [0.4, 0.5) is 0 Å². The molecular weight excluding hydrogens is 340 g/mol. The standard InChI is InChI=1S/C19H24O7/c1-4-25-14-8-6-13(10-17(14)24-3)18(21)19(22)26-15-7-5-12(11-20)9-16(15)23-2/h5-10,18-22H,4,11H2,1-3H3. The first-order chi connectivity index (χ1) is 12.5. The largest absolute Gasteiger partial charge is 0.493 e. The molecule has 0 amide bonds. The average molecular weight is 364 g/mol. The number of hydrogen-bond donors (Lipinski definition) is 3. The van der Waals surface area contributed by atoms with E-state index >= 15 is 0 Å². The quantitative estimate of drug-likeness (QED) is 0.586. The third-order valence-electron chi connectivity index (χ3n) is 3.76. The van der Waals surface area contributed by atoms with Crippen LogP contribution in [0.3, 0.4) is 0 Å². The van der Waals surface area contributed by atoms with Gasteiger partial charge in [-0.2, -0.15) is 0 Å². The Hall–Kier alpha value is -2.48. The van der Waals surface area contributed by atoms with Gasteiger partial charge in [0.2, 0.25) is 6.29 Å². The van der Waals surface area contributed by atoms with Gasteiger partial charge >= 0.3 is 0 Å². The number of ether oxygens (including phenoxy) is 4. The number of rotatable bonds is 9. The first kappa shape index (κ1) is 19.8. The molecule has 0 saturated carbocycles. The Morgan fingerprint density at radius 1 is 0.885 bits per heavy atom. The highest BCUT2D eigenvalue weighted by Crippen LogP contribution is 2.34. The second-order valence-electron chi connectivity index (χ2n) is 5.44. The molecule has 0 fully saturated rings. The molecule has 2 aromatic carbocycles. The van der Waals surface area contributed by atoms with Crippen molar-refractivity contribution in [3.05, 3.63) is 47.5 Å². The van der Waals surface area contributed by atoms with Crippen LogP contribution in [0.15, 0.2) is 36.4 Å². The molecule has 0 aromatic heterocycles. The van der Waals surface area contributed by atoms with Crippen molar-refractivity contribution in [2.24, 2.45) is 0 Å². The molecule has 0 aliphatic heterocycles. The summed E-state index contributed by atoms with van der Waals surface area (Å²) >= 11 is 0. The molecule has 0 aliphatic carbocycles. The van der Waals surface area contributed by atoms with Crippen LogP contribution in [0.1, 0.15) is 24.2 Å². The van der Waals surface area contributed by atoms with Gasteiger partial charge in [0.25, 0.3) is 0 Å². The fraction of sp³-hybridized carbons (Fsp3) is 0.368. The smallest absolute Gasteiger partial charge is 0.228 e. The Kier molecular flexibility index (Phi) is 7.08. The fourth-order valence-electron chi connectivity index (χ4n) is 2.41. The zero-order chi connectivity index (χ0) is 19.1. The Bertz CT molecular complexity index is 717. The molecule has 3 N–H and O–H groups in total. The van der Waals surface area contributed by atoms with Crippen molar-refractivity contribution in [2.45, 2.75) is 25.9 Å². The molecule has 142 valence electrons. The second-order valence-corrected chi connectivity index (χ2v) is 5.44. The molecule has 2 aromatic rings. The van der Waals surface area contributed by atoms with Crippen molar-refractivity contribution in [2.75, 3.05) is 20.8 Å². The lowest BCUT2D eigenvalue weighted by molar-refractivity contribution is -0.106. The van der Waals surface area contributed by atoms with Gasteiger partial charge in [0, 0.05) is 0 Å². The van der Waals surface area contributed by atoms with Gasteiger partial charge < -0.3 is 34.3 Å². The summed E-state index contributed by atoms with van der Waals surface area (Å²) < 4.78 is 21.3. The molecule has 0 aliphatic rings. The molecule has 0 saturated heterocycles. The predicted molar refractivity (Wildman–Crippen MR) is 94.7 cm³/mol. The summed E-state index contributed by atoms with van der Waals surface area (Å²) in [5, 5.41) is 29.8. The fourth-order valence-corrected chi connectivity index (χ4v) is 2.41. The monoisotopic (exact) mass is 364 g/mol. The van der Waals surface area contributed by atoms with E-state index < -0.39 is 12.4 Å². The third-order valence-corrected chi connectivity index (χ3v) is 3.76. The zero-order valence-corrected chi connectivity index (χ0v) is 15.0. The molecule has 0 bridgehead atoms. The first-order valence-corrected chi connectivity index (χ1v) is 8.15. The summed E-state index contributed by atoms with van der Waals surface area (Å²) in [4.78, 5) is 0. The van der Waals surface area contributed by atoms with E-state index in [1.54, 1.807) is 36.4 Å². The topological polar surface area (TPSA) is 97.6 Å². The van der Waals surface area contributed by atoms with Crippen molar-refractivity contribution in [3.63, 3.8) is 0 Å². The van der Waals surface area contributed by atoms with Crippen molar-refractivity contribution >= 4 is 0 Å². The SMILES string of the molecule is CCOc1ccc(C(O)C(O)Oc2ccc(CO)cc2OC)cc1OC. The lowest BCUT2D eigenvalue weighted by atomic mass is 10.1. The van der Waals surface area contributed by atoms with Crippen LogP contribution in [0.25, 0.3) is 0 Å². The molecule has 2 unspecified atom stereocenters. The Labute approximate surface area is 152 Å². The lowest BCUT2D eigenvalue weighted by Crippen LogP contribution is -2.25. The Balaban J connectivity index is 2.18. The van der Waals surface area contributed by atoms with E-state index in [0.717, 1.165) is 0 Å². The van der Waals surface area contributed by atoms with E-state index in [4.69, 9.17) is 24.1 Å². The maximum atomic E-state index is 10.4. The highest BCUT2D eigenvalue weighted by molar-refractivity contribution is 5.45. The van der Waals surface area contributed by atoms with Crippen LogP contribution >= 0.6 is 0 Å². The number of aliphatic hydroxyl groups excluding tert-OH is 3. The molecule has 0 heterocycles. The van der Waals surface area contributed by atoms with Gasteiger partial charge in [0.1, 0.15) is 6.10 Å². The molecule has 7 heteroatoms. The van der Waals surface area contributed by atoms with Gasteiger partial charge in [0.15, 0.2) is 23.0 Å². The Morgan fingerprint density at radius 3 is 2.15 bits per heavy atom. The molecule has 0 spiro atoms. The minimum absolute atomic E-state index is 0.145. The van der Waals surface area contributed by atoms with E-state index in [0.29, 0.717) is 35.0 Å². The van der Waals surface area contributed by atoms with Gasteiger partial charge in [0.05, 0.1) is 27.4 Å². The molecule has 0 radical (unpaired) electrons. The summed E-state index contributed by atoms with van der Waals surface area (Å²) in [6.45, 7) is 2.19. The first-order valence-electron chi connectivity index (χ1n) is 8.15. The van der Waals surface area contributed by atoms with Crippen molar-refractivity contribution in [1.29, 1.82) is 0 Å². The summed E-state index contributed by atoms with van der Waals surface area (Å²) in [6.07, 6.45) is -2.85. The van der Waals surface area contributed by atoms with Gasteiger partial charge in [-0.25, -0.2) is 0 Å². The lowest BCUT2D eigenvalue weighted by Gasteiger charge is -2.22. The number of benzene rings is 2.